The number of hydrogen-bond donors (Lipinski definition) is 1. The van der Waals surface area contributed by atoms with E-state index in [0.717, 1.165) is 12.1 Å². The minimum atomic E-state index is -0.808. The molecule has 0 aliphatic rings. The van der Waals surface area contributed by atoms with E-state index in [1.807, 2.05) is 0 Å². The zero-order valence-corrected chi connectivity index (χ0v) is 6.63. The zero-order chi connectivity index (χ0) is 8.43. The van der Waals surface area contributed by atoms with E-state index >= 15 is 0 Å². The Labute approximate surface area is 64.6 Å². The summed E-state index contributed by atoms with van der Waals surface area (Å²) in [5.41, 5.74) is 5.17. The third-order valence-corrected chi connectivity index (χ3v) is 1.37. The predicted molar refractivity (Wildman–Crippen MR) is 41.1 cm³/mol. The van der Waals surface area contributed by atoms with Crippen molar-refractivity contribution in [1.29, 1.82) is 0 Å². The lowest BCUT2D eigenvalue weighted by atomic mass is 10.3. The number of rotatable bonds is 1. The number of anilines is 1. The Balaban J connectivity index is 3.25. The molecule has 0 aliphatic heterocycles. The van der Waals surface area contributed by atoms with E-state index in [2.05, 4.69) is 4.52 Å². The van der Waals surface area contributed by atoms with Crippen LogP contribution in [0.2, 0.25) is 0 Å². The molecule has 0 saturated heterocycles. The summed E-state index contributed by atoms with van der Waals surface area (Å²) in [5.74, 6) is -2.06. The van der Waals surface area contributed by atoms with Gasteiger partial charge in [0.1, 0.15) is 0 Å². The van der Waals surface area contributed by atoms with Gasteiger partial charge in [0.05, 0.1) is 9.47 Å². The largest absolute Gasteiger partial charge is 0.474 e. The molecule has 2 N–H and O–H groups in total. The molecule has 2 nitrogen and oxygen atoms in total. The van der Waals surface area contributed by atoms with Crippen molar-refractivity contribution in [3.05, 3.63) is 23.8 Å². The summed E-state index contributed by atoms with van der Waals surface area (Å²) >= 11 is 0. The van der Waals surface area contributed by atoms with E-state index in [1.54, 1.807) is 9.47 Å². The summed E-state index contributed by atoms with van der Waals surface area (Å²) in [6, 6.07) is 1.98. The lowest BCUT2D eigenvalue weighted by molar-refractivity contribution is 0.488. The fourth-order valence-corrected chi connectivity index (χ4v) is 0.917. The predicted octanol–water partition coefficient (Wildman–Crippen LogP) is 1.72. The molecular weight excluding hydrogens is 171 g/mol. The van der Waals surface area contributed by atoms with Crippen LogP contribution in [-0.2, 0) is 0 Å². The molecule has 0 saturated carbocycles. The van der Waals surface area contributed by atoms with Gasteiger partial charge in [-0.1, -0.05) is 0 Å². The van der Waals surface area contributed by atoms with Crippen LogP contribution in [-0.4, -0.2) is 0 Å². The van der Waals surface area contributed by atoms with Gasteiger partial charge in [-0.05, 0) is 0 Å². The average molecular weight is 177 g/mol. The number of nitrogens with two attached hydrogens (primary N) is 1. The monoisotopic (exact) mass is 177 g/mol. The lowest BCUT2D eigenvalue weighted by Gasteiger charge is -2.02. The van der Waals surface area contributed by atoms with Gasteiger partial charge in [-0.3, -0.25) is 0 Å². The molecule has 1 atom stereocenters. The highest BCUT2D eigenvalue weighted by atomic mass is 31.0. The van der Waals surface area contributed by atoms with Crippen molar-refractivity contribution in [2.45, 2.75) is 0 Å². The van der Waals surface area contributed by atoms with E-state index in [0.29, 0.717) is 0 Å². The second-order valence-corrected chi connectivity index (χ2v) is 2.17. The van der Waals surface area contributed by atoms with Crippen molar-refractivity contribution in [1.82, 2.24) is 0 Å². The van der Waals surface area contributed by atoms with Gasteiger partial charge in [-0.2, -0.15) is 0 Å². The van der Waals surface area contributed by atoms with Crippen LogP contribution < -0.4 is 10.3 Å². The van der Waals surface area contributed by atoms with Crippen molar-refractivity contribution in [2.24, 2.45) is 0 Å². The van der Waals surface area contributed by atoms with E-state index in [4.69, 9.17) is 5.73 Å². The number of nitrogen functional groups attached to an aromatic ring is 1. The van der Waals surface area contributed by atoms with Crippen molar-refractivity contribution < 1.29 is 13.3 Å². The van der Waals surface area contributed by atoms with Crippen molar-refractivity contribution in [2.75, 3.05) is 5.73 Å². The van der Waals surface area contributed by atoms with Crippen molar-refractivity contribution in [3.63, 3.8) is 0 Å². The van der Waals surface area contributed by atoms with Crippen LogP contribution >= 0.6 is 9.47 Å². The SMILES string of the molecule is Nc1cc(F)c(OP)c(F)c1. The van der Waals surface area contributed by atoms with Gasteiger partial charge in [0.15, 0.2) is 17.4 Å². The molecule has 60 valence electrons. The maximum Gasteiger partial charge on any atom is 0.193 e. The second kappa shape index (κ2) is 3.01. The fourth-order valence-electron chi connectivity index (χ4n) is 0.692. The van der Waals surface area contributed by atoms with E-state index in [-0.39, 0.29) is 5.69 Å². The fraction of sp³-hybridized carbons (Fsp3) is 0. The third-order valence-electron chi connectivity index (χ3n) is 1.14. The topological polar surface area (TPSA) is 35.2 Å². The minimum absolute atomic E-state index is 0.0331. The first-order valence-electron chi connectivity index (χ1n) is 2.76. The summed E-state index contributed by atoms with van der Waals surface area (Å²) in [6.07, 6.45) is 0. The van der Waals surface area contributed by atoms with E-state index in [9.17, 15) is 8.78 Å². The maximum atomic E-state index is 12.7. The van der Waals surface area contributed by atoms with Gasteiger partial charge in [0.25, 0.3) is 0 Å². The van der Waals surface area contributed by atoms with Crippen molar-refractivity contribution >= 4 is 15.2 Å². The summed E-state index contributed by atoms with van der Waals surface area (Å²) in [4.78, 5) is 0. The van der Waals surface area contributed by atoms with Crippen LogP contribution in [0.5, 0.6) is 5.75 Å². The molecule has 1 rings (SSSR count). The Hall–Kier alpha value is -0.890. The molecule has 0 spiro atoms. The molecule has 0 heterocycles. The second-order valence-electron chi connectivity index (χ2n) is 1.93. The Kier molecular flexibility index (Phi) is 2.25. The highest BCUT2D eigenvalue weighted by molar-refractivity contribution is 7.10. The summed E-state index contributed by atoms with van der Waals surface area (Å²) in [6.45, 7) is 0. The van der Waals surface area contributed by atoms with E-state index in [1.165, 1.54) is 0 Å². The molecule has 1 aromatic rings. The van der Waals surface area contributed by atoms with Gasteiger partial charge in [0, 0.05) is 17.8 Å². The summed E-state index contributed by atoms with van der Waals surface area (Å²) in [7, 11) is 1.76. The Morgan fingerprint density at radius 2 is 1.73 bits per heavy atom. The molecule has 0 bridgehead atoms. The van der Waals surface area contributed by atoms with Gasteiger partial charge >= 0.3 is 0 Å². The van der Waals surface area contributed by atoms with Crippen LogP contribution in [0.1, 0.15) is 0 Å². The van der Waals surface area contributed by atoms with Gasteiger partial charge in [-0.15, -0.1) is 0 Å². The number of hydrogen-bond acceptors (Lipinski definition) is 2. The molecule has 5 heteroatoms. The first-order valence-corrected chi connectivity index (χ1v) is 3.23. The van der Waals surface area contributed by atoms with Crippen LogP contribution in [0, 0.1) is 11.6 Å². The van der Waals surface area contributed by atoms with Crippen LogP contribution in [0.25, 0.3) is 0 Å². The quantitative estimate of drug-likeness (QED) is 0.523. The van der Waals surface area contributed by atoms with E-state index < -0.39 is 17.4 Å². The van der Waals surface area contributed by atoms with Crippen molar-refractivity contribution in [3.8, 4) is 5.75 Å². The normalized spacial score (nSPS) is 9.73. The third kappa shape index (κ3) is 1.57. The molecule has 0 radical (unpaired) electrons. The molecule has 11 heavy (non-hydrogen) atoms. The Morgan fingerprint density at radius 1 is 1.27 bits per heavy atom. The number of halogens is 2. The molecule has 1 aromatic carbocycles. The van der Waals surface area contributed by atoms with Crippen LogP contribution in [0.3, 0.4) is 0 Å². The average Bonchev–Trinajstić information content (AvgIpc) is 1.85. The highest BCUT2D eigenvalue weighted by Crippen LogP contribution is 2.25. The first kappa shape index (κ1) is 8.21. The molecule has 0 aliphatic carbocycles. The van der Waals surface area contributed by atoms with Gasteiger partial charge in [0.2, 0.25) is 0 Å². The summed E-state index contributed by atoms with van der Waals surface area (Å²) < 4.78 is 29.6. The first-order chi connectivity index (χ1) is 5.15. The standard InChI is InChI=1S/C6H6F2NOP/c7-4-1-3(9)2-5(8)6(4)10-11/h1-2H,9,11H2. The minimum Gasteiger partial charge on any atom is -0.474 e. The van der Waals surface area contributed by atoms with Crippen LogP contribution in [0.15, 0.2) is 12.1 Å². The lowest BCUT2D eigenvalue weighted by Crippen LogP contribution is -1.92. The Morgan fingerprint density at radius 3 is 2.09 bits per heavy atom. The van der Waals surface area contributed by atoms with Crippen LogP contribution in [0.4, 0.5) is 14.5 Å². The molecule has 1 unspecified atom stereocenters. The summed E-state index contributed by atoms with van der Waals surface area (Å²) in [5, 5.41) is 0. The molecule has 0 amide bonds. The molecule has 0 aromatic heterocycles. The zero-order valence-electron chi connectivity index (χ0n) is 5.47. The highest BCUT2D eigenvalue weighted by Gasteiger charge is 2.09. The number of benzene rings is 1. The molecule has 0 fully saturated rings. The Bertz CT molecular complexity index is 256. The smallest absolute Gasteiger partial charge is 0.193 e. The maximum absolute atomic E-state index is 12.7. The van der Waals surface area contributed by atoms with Gasteiger partial charge < -0.3 is 10.3 Å². The molecular formula is C6H6F2NOP. The van der Waals surface area contributed by atoms with Gasteiger partial charge in [-0.25, -0.2) is 8.78 Å².